The number of unbranched alkanes of at least 4 members (excludes halogenated alkanes) is 3. The average Bonchev–Trinajstić information content (AvgIpc) is 3.34. The zero-order valence-corrected chi connectivity index (χ0v) is 25.7. The Labute approximate surface area is 224 Å². The molecule has 2 aromatic heterocycles. The van der Waals surface area contributed by atoms with Crippen LogP contribution in [0.2, 0.25) is 13.3 Å². The zero-order chi connectivity index (χ0) is 25.8. The normalized spacial score (nSPS) is 11.4. The number of hydrogen-bond donors (Lipinski definition) is 2. The Morgan fingerprint density at radius 1 is 0.917 bits per heavy atom. The van der Waals surface area contributed by atoms with Gasteiger partial charge in [-0.15, -0.1) is 0 Å². The molecule has 0 bridgehead atoms. The molecule has 0 aliphatic heterocycles. The summed E-state index contributed by atoms with van der Waals surface area (Å²) in [6, 6.07) is 17.7. The summed E-state index contributed by atoms with van der Waals surface area (Å²) in [4.78, 5) is 18.9. The van der Waals surface area contributed by atoms with E-state index in [1.54, 1.807) is 0 Å². The van der Waals surface area contributed by atoms with Crippen molar-refractivity contribution in [1.29, 1.82) is 0 Å². The van der Waals surface area contributed by atoms with Crippen LogP contribution in [0.15, 0.2) is 54.6 Å². The predicted octanol–water partition coefficient (Wildman–Crippen LogP) is 7.50. The van der Waals surface area contributed by atoms with Crippen LogP contribution in [0.1, 0.15) is 74.5 Å². The summed E-state index contributed by atoms with van der Waals surface area (Å²) >= 11 is -1.16. The SMILES string of the molecule is CCC[CH2][Sn]([CH2]CCC)([CH2]CCC)[c]1ccc(C(=O)NCc2ccc(Oc3ccccc3)s2)c(N)n1. The number of rotatable bonds is 15. The van der Waals surface area contributed by atoms with Crippen LogP contribution >= 0.6 is 11.3 Å². The molecule has 5 nitrogen and oxygen atoms in total. The van der Waals surface area contributed by atoms with E-state index in [4.69, 9.17) is 15.5 Å². The first-order valence-corrected chi connectivity index (χ1v) is 21.7. The zero-order valence-electron chi connectivity index (χ0n) is 22.0. The maximum atomic E-state index is 13.0. The van der Waals surface area contributed by atoms with Crippen LogP contribution in [0.3, 0.4) is 0 Å². The number of hydrogen-bond acceptors (Lipinski definition) is 5. The molecule has 1 amide bonds. The number of aromatic nitrogens is 1. The van der Waals surface area contributed by atoms with Gasteiger partial charge in [0.2, 0.25) is 0 Å². The van der Waals surface area contributed by atoms with Crippen molar-refractivity contribution in [1.82, 2.24) is 10.3 Å². The molecule has 36 heavy (non-hydrogen) atoms. The second-order valence-corrected chi connectivity index (χ2v) is 23.7. The number of anilines is 1. The van der Waals surface area contributed by atoms with Crippen molar-refractivity contribution in [3.05, 3.63) is 65.0 Å². The van der Waals surface area contributed by atoms with E-state index >= 15 is 0 Å². The van der Waals surface area contributed by atoms with Gasteiger partial charge in [-0.05, 0) is 12.1 Å². The van der Waals surface area contributed by atoms with E-state index in [0.717, 1.165) is 15.7 Å². The molecule has 3 rings (SSSR count). The summed E-state index contributed by atoms with van der Waals surface area (Å²) < 4.78 is 11.1. The summed E-state index contributed by atoms with van der Waals surface area (Å²) in [7, 11) is 0. The summed E-state index contributed by atoms with van der Waals surface area (Å²) in [5.41, 5.74) is 6.88. The van der Waals surface area contributed by atoms with E-state index in [1.807, 2.05) is 48.5 Å². The Bertz CT molecular complexity index is 1070. The second-order valence-electron chi connectivity index (χ2n) is 9.54. The number of nitrogens with one attached hydrogen (secondary N) is 1. The van der Waals surface area contributed by atoms with Crippen molar-refractivity contribution in [2.75, 3.05) is 5.73 Å². The molecule has 3 aromatic rings. The third-order valence-corrected chi connectivity index (χ3v) is 22.8. The van der Waals surface area contributed by atoms with Gasteiger partial charge in [0.15, 0.2) is 0 Å². The Morgan fingerprint density at radius 2 is 1.56 bits per heavy atom. The van der Waals surface area contributed by atoms with Gasteiger partial charge in [-0.25, -0.2) is 0 Å². The number of benzene rings is 1. The van der Waals surface area contributed by atoms with E-state index in [1.165, 1.54) is 66.9 Å². The average molecular weight is 614 g/mol. The summed E-state index contributed by atoms with van der Waals surface area (Å²) in [6.07, 6.45) is 7.45. The molecule has 1 aromatic carbocycles. The molecule has 0 atom stereocenters. The summed E-state index contributed by atoms with van der Waals surface area (Å²) in [5, 5.41) is 3.80. The van der Waals surface area contributed by atoms with Gasteiger partial charge in [0, 0.05) is 0 Å². The van der Waals surface area contributed by atoms with Crippen LogP contribution in [0, 0.1) is 0 Å². The van der Waals surface area contributed by atoms with Gasteiger partial charge in [0.1, 0.15) is 0 Å². The number of thiophene rings is 1. The third-order valence-electron chi connectivity index (χ3n) is 6.76. The van der Waals surface area contributed by atoms with E-state index in [-0.39, 0.29) is 5.91 Å². The van der Waals surface area contributed by atoms with Gasteiger partial charge in [-0.1, -0.05) is 18.2 Å². The molecule has 0 saturated heterocycles. The van der Waals surface area contributed by atoms with E-state index in [2.05, 4.69) is 32.2 Å². The predicted molar refractivity (Wildman–Crippen MR) is 155 cm³/mol. The molecule has 0 fully saturated rings. The third kappa shape index (κ3) is 7.97. The van der Waals surface area contributed by atoms with Crippen LogP contribution < -0.4 is 19.5 Å². The topological polar surface area (TPSA) is 77.2 Å². The first kappa shape index (κ1) is 28.5. The second kappa shape index (κ2) is 14.6. The number of pyridine rings is 1. The Kier molecular flexibility index (Phi) is 11.6. The number of carbonyl (C=O) groups is 1. The van der Waals surface area contributed by atoms with Crippen molar-refractivity contribution in [2.24, 2.45) is 0 Å². The number of nitrogens with zero attached hydrogens (tertiary/aromatic N) is 1. The first-order valence-electron chi connectivity index (χ1n) is 13.4. The van der Waals surface area contributed by atoms with Gasteiger partial charge in [0.05, 0.1) is 0 Å². The van der Waals surface area contributed by atoms with Gasteiger partial charge in [0.25, 0.3) is 0 Å². The first-order chi connectivity index (χ1) is 17.5. The standard InChI is InChI=1S/C17H14N3O2S.3C4H9.Sn/c18-16-14(7-4-10-19-16)17(21)20-11-13-8-9-15(23-13)22-12-5-2-1-3-6-12;3*1-3-4-2;/h1-9H,11H2,(H2,18,19)(H,20,21);3*1,3-4H2,2H3;. The van der Waals surface area contributed by atoms with Crippen molar-refractivity contribution < 1.29 is 9.53 Å². The Morgan fingerprint density at radius 3 is 2.14 bits per heavy atom. The van der Waals surface area contributed by atoms with Gasteiger partial charge < -0.3 is 0 Å². The Balaban J connectivity index is 1.69. The van der Waals surface area contributed by atoms with Gasteiger partial charge in [-0.3, -0.25) is 0 Å². The number of amides is 1. The number of ether oxygens (including phenoxy) is 1. The van der Waals surface area contributed by atoms with Crippen LogP contribution in [-0.4, -0.2) is 29.3 Å². The maximum absolute atomic E-state index is 13.0. The molecular formula is C29H41N3O2SSn. The molecule has 3 N–H and O–H groups in total. The van der Waals surface area contributed by atoms with Gasteiger partial charge in [-0.2, -0.15) is 0 Å². The van der Waals surface area contributed by atoms with Crippen molar-refractivity contribution in [3.8, 4) is 10.8 Å². The molecule has 0 radical (unpaired) electrons. The Hall–Kier alpha value is -2.06. The fraction of sp³-hybridized carbons (Fsp3) is 0.448. The van der Waals surface area contributed by atoms with E-state index in [0.29, 0.717) is 17.9 Å². The summed E-state index contributed by atoms with van der Waals surface area (Å²) in [6.45, 7) is 7.25. The fourth-order valence-electron chi connectivity index (χ4n) is 4.64. The molecule has 0 unspecified atom stereocenters. The van der Waals surface area contributed by atoms with Crippen LogP contribution in [-0.2, 0) is 6.54 Å². The minimum absolute atomic E-state index is 0.179. The van der Waals surface area contributed by atoms with Crippen LogP contribution in [0.25, 0.3) is 0 Å². The number of nitrogens with two attached hydrogens (primary N) is 1. The fourth-order valence-corrected chi connectivity index (χ4v) is 20.9. The molecule has 7 heteroatoms. The van der Waals surface area contributed by atoms with Crippen LogP contribution in [0.5, 0.6) is 10.8 Å². The molecule has 194 valence electrons. The molecule has 0 saturated carbocycles. The molecule has 2 heterocycles. The molecule has 0 aliphatic rings. The summed E-state index contributed by atoms with van der Waals surface area (Å²) in [5.74, 6) is 0.990. The number of nitrogen functional groups attached to an aromatic ring is 1. The van der Waals surface area contributed by atoms with E-state index in [9.17, 15) is 4.79 Å². The minimum atomic E-state index is -2.68. The van der Waals surface area contributed by atoms with Crippen LogP contribution in [0.4, 0.5) is 5.82 Å². The molecular weight excluding hydrogens is 573 g/mol. The number of carbonyl (C=O) groups excluding carboxylic acids is 1. The van der Waals surface area contributed by atoms with Crippen molar-refractivity contribution >= 4 is 45.1 Å². The number of para-hydroxylation sites is 1. The van der Waals surface area contributed by atoms with Crippen molar-refractivity contribution in [3.63, 3.8) is 0 Å². The quantitative estimate of drug-likeness (QED) is 0.174. The molecule has 0 spiro atoms. The molecule has 0 aliphatic carbocycles. The monoisotopic (exact) mass is 615 g/mol. The van der Waals surface area contributed by atoms with Crippen molar-refractivity contribution in [2.45, 2.75) is 79.2 Å². The van der Waals surface area contributed by atoms with Gasteiger partial charge >= 0.3 is 195 Å². The van der Waals surface area contributed by atoms with E-state index < -0.39 is 18.4 Å².